The first-order valence-electron chi connectivity index (χ1n) is 11.9. The fourth-order valence-electron chi connectivity index (χ4n) is 4.58. The summed E-state index contributed by atoms with van der Waals surface area (Å²) in [6.45, 7) is 7.04. The quantitative estimate of drug-likeness (QED) is 0.436. The molecule has 2 aliphatic heterocycles. The van der Waals surface area contributed by atoms with Crippen LogP contribution >= 0.6 is 0 Å². The van der Waals surface area contributed by atoms with E-state index in [1.54, 1.807) is 23.1 Å². The van der Waals surface area contributed by atoms with Crippen LogP contribution in [-0.2, 0) is 13.1 Å². The van der Waals surface area contributed by atoms with Gasteiger partial charge in [-0.15, -0.1) is 0 Å². The van der Waals surface area contributed by atoms with E-state index in [0.717, 1.165) is 24.6 Å². The summed E-state index contributed by atoms with van der Waals surface area (Å²) in [5.74, 6) is 1.97. The van der Waals surface area contributed by atoms with Crippen molar-refractivity contribution in [2.75, 3.05) is 40.4 Å². The average molecular weight is 567 g/mol. The summed E-state index contributed by atoms with van der Waals surface area (Å²) in [6, 6.07) is 13.5. The Morgan fingerprint density at radius 3 is 1.41 bits per heavy atom. The molecule has 0 unspecified atom stereocenters. The number of likely N-dealkylation sites (tertiary alicyclic amines) is 2. The first-order valence-corrected chi connectivity index (χ1v) is 17.9. The minimum absolute atomic E-state index is 0.454. The first kappa shape index (κ1) is 24.1. The summed E-state index contributed by atoms with van der Waals surface area (Å²) in [4.78, 5) is 5.25. The average Bonchev–Trinajstić information content (AvgIpc) is 2.85. The van der Waals surface area contributed by atoms with E-state index in [1.165, 1.54) is 75.8 Å². The number of hydrogen-bond acceptors (Lipinski definition) is 4. The van der Waals surface area contributed by atoms with Gasteiger partial charge in [0.15, 0.2) is 0 Å². The van der Waals surface area contributed by atoms with Gasteiger partial charge in [0.05, 0.1) is 0 Å². The van der Waals surface area contributed by atoms with Crippen molar-refractivity contribution in [1.82, 2.24) is 9.80 Å². The van der Waals surface area contributed by atoms with E-state index in [9.17, 15) is 0 Å². The van der Waals surface area contributed by atoms with Crippen molar-refractivity contribution in [2.24, 2.45) is 0 Å². The molecule has 32 heavy (non-hydrogen) atoms. The minimum atomic E-state index is 0.454. The van der Waals surface area contributed by atoms with Gasteiger partial charge < -0.3 is 0 Å². The van der Waals surface area contributed by atoms with E-state index >= 15 is 0 Å². The summed E-state index contributed by atoms with van der Waals surface area (Å²) in [5.41, 5.74) is 2.94. The number of ether oxygens (including phenoxy) is 2. The number of nitrogens with zero attached hydrogens (tertiary/aromatic N) is 2. The third-order valence-electron chi connectivity index (χ3n) is 6.44. The van der Waals surface area contributed by atoms with Crippen molar-refractivity contribution in [3.63, 3.8) is 0 Å². The zero-order valence-corrected chi connectivity index (χ0v) is 22.9. The molecule has 4 rings (SSSR count). The van der Waals surface area contributed by atoms with Crippen LogP contribution in [0.3, 0.4) is 0 Å². The molecule has 0 spiro atoms. The van der Waals surface area contributed by atoms with Gasteiger partial charge in [-0.05, 0) is 0 Å². The number of methoxy groups -OCH3 is 2. The van der Waals surface area contributed by atoms with Crippen molar-refractivity contribution >= 4 is 35.2 Å². The third kappa shape index (κ3) is 6.76. The van der Waals surface area contributed by atoms with Crippen LogP contribution in [0.1, 0.15) is 49.7 Å². The Labute approximate surface area is 204 Å². The van der Waals surface area contributed by atoms with Gasteiger partial charge >= 0.3 is 205 Å². The van der Waals surface area contributed by atoms with Crippen LogP contribution in [0.15, 0.2) is 36.4 Å². The fraction of sp³-hybridized carbons (Fsp3) is 0.538. The zero-order valence-electron chi connectivity index (χ0n) is 19.5. The number of piperidine rings is 2. The van der Waals surface area contributed by atoms with Gasteiger partial charge in [-0.3, -0.25) is 0 Å². The summed E-state index contributed by atoms with van der Waals surface area (Å²) >= 11 is 0.908. The van der Waals surface area contributed by atoms with Gasteiger partial charge in [0.2, 0.25) is 0 Å². The molecule has 0 atom stereocenters. The Kier molecular flexibility index (Phi) is 9.40. The molecule has 0 N–H and O–H groups in total. The Hall–Kier alpha value is -1.00. The van der Waals surface area contributed by atoms with Crippen LogP contribution in [0, 0.1) is 0 Å². The molecule has 174 valence electrons. The molecule has 0 bridgehead atoms. The predicted molar refractivity (Wildman–Crippen MR) is 135 cm³/mol. The molecular formula is C26H36N2O2Se2. The topological polar surface area (TPSA) is 24.9 Å². The standard InChI is InChI=1S/C26H36N2O2Se2/c1-29-23-9-11-25(21(17-23)19-27-13-5-3-6-14-27)31-32-26-12-10-24(30-2)18-22(26)20-28-15-7-4-8-16-28/h9-12,17-18H,3-8,13-16,19-20H2,1-2H3. The van der Waals surface area contributed by atoms with E-state index in [2.05, 4.69) is 46.2 Å². The van der Waals surface area contributed by atoms with Crippen LogP contribution in [0.5, 0.6) is 11.5 Å². The Balaban J connectivity index is 1.49. The number of hydrogen-bond donors (Lipinski definition) is 0. The number of rotatable bonds is 9. The van der Waals surface area contributed by atoms with Crippen LogP contribution in [0.2, 0.25) is 0 Å². The summed E-state index contributed by atoms with van der Waals surface area (Å²) < 4.78 is 14.2. The molecule has 4 nitrogen and oxygen atoms in total. The molecule has 2 aromatic rings. The normalized spacial score (nSPS) is 17.9. The fourth-order valence-corrected chi connectivity index (χ4v) is 11.9. The monoisotopic (exact) mass is 568 g/mol. The van der Waals surface area contributed by atoms with Gasteiger partial charge in [0, 0.05) is 0 Å². The van der Waals surface area contributed by atoms with Crippen molar-refractivity contribution in [1.29, 1.82) is 0 Å². The van der Waals surface area contributed by atoms with E-state index in [-0.39, 0.29) is 0 Å². The third-order valence-corrected chi connectivity index (χ3v) is 13.9. The van der Waals surface area contributed by atoms with Crippen LogP contribution < -0.4 is 18.4 Å². The maximum atomic E-state index is 5.57. The molecule has 2 aromatic carbocycles. The van der Waals surface area contributed by atoms with Gasteiger partial charge in [-0.2, -0.15) is 0 Å². The molecular weight excluding hydrogens is 530 g/mol. The summed E-state index contributed by atoms with van der Waals surface area (Å²) in [5, 5.41) is 0. The molecule has 6 heteroatoms. The van der Waals surface area contributed by atoms with E-state index in [0.29, 0.717) is 26.3 Å². The second-order valence-electron chi connectivity index (χ2n) is 8.79. The molecule has 2 heterocycles. The van der Waals surface area contributed by atoms with Crippen LogP contribution in [0.25, 0.3) is 0 Å². The Morgan fingerprint density at radius 1 is 0.625 bits per heavy atom. The van der Waals surface area contributed by atoms with E-state index in [1.807, 2.05) is 0 Å². The van der Waals surface area contributed by atoms with Gasteiger partial charge in [0.1, 0.15) is 0 Å². The van der Waals surface area contributed by atoms with Crippen LogP contribution in [0.4, 0.5) is 0 Å². The summed E-state index contributed by atoms with van der Waals surface area (Å²) in [6.07, 6.45) is 8.10. The molecule has 0 radical (unpaired) electrons. The second kappa shape index (κ2) is 12.5. The molecule has 2 fully saturated rings. The maximum absolute atomic E-state index is 5.57. The van der Waals surface area contributed by atoms with Crippen molar-refractivity contribution < 1.29 is 9.47 Å². The van der Waals surface area contributed by atoms with Gasteiger partial charge in [0.25, 0.3) is 0 Å². The molecule has 2 saturated heterocycles. The Bertz CT molecular complexity index is 793. The van der Waals surface area contributed by atoms with Crippen molar-refractivity contribution in [2.45, 2.75) is 51.6 Å². The molecule has 0 aromatic heterocycles. The van der Waals surface area contributed by atoms with Gasteiger partial charge in [-0.1, -0.05) is 0 Å². The zero-order chi connectivity index (χ0) is 22.2. The Morgan fingerprint density at radius 2 is 1.03 bits per heavy atom. The van der Waals surface area contributed by atoms with Crippen molar-refractivity contribution in [3.05, 3.63) is 47.5 Å². The summed E-state index contributed by atoms with van der Waals surface area (Å²) in [7, 11) is 3.55. The van der Waals surface area contributed by atoms with E-state index < -0.39 is 0 Å². The first-order chi connectivity index (χ1) is 15.7. The molecule has 0 aliphatic carbocycles. The van der Waals surface area contributed by atoms with Crippen LogP contribution in [-0.4, -0.2) is 76.5 Å². The second-order valence-corrected chi connectivity index (χ2v) is 15.0. The van der Waals surface area contributed by atoms with Crippen molar-refractivity contribution in [3.8, 4) is 11.5 Å². The number of benzene rings is 2. The van der Waals surface area contributed by atoms with E-state index in [4.69, 9.17) is 9.47 Å². The predicted octanol–water partition coefficient (Wildman–Crippen LogP) is 2.95. The molecule has 0 amide bonds. The molecule has 2 aliphatic rings. The SMILES string of the molecule is COc1ccc([Se][Se]c2ccc(OC)cc2CN2CCCCC2)c(CN2CCCCC2)c1. The van der Waals surface area contributed by atoms with Gasteiger partial charge in [-0.25, -0.2) is 0 Å². The molecule has 0 saturated carbocycles.